The van der Waals surface area contributed by atoms with E-state index in [0.29, 0.717) is 0 Å². The third-order valence-corrected chi connectivity index (χ3v) is 2.95. The van der Waals surface area contributed by atoms with Gasteiger partial charge >= 0.3 is 0 Å². The van der Waals surface area contributed by atoms with E-state index in [4.69, 9.17) is 0 Å². The first-order valence-corrected chi connectivity index (χ1v) is 7.05. The monoisotopic (exact) mass is 260 g/mol. The molecule has 0 heteroatoms. The minimum absolute atomic E-state index is 1.23. The van der Waals surface area contributed by atoms with Crippen molar-refractivity contribution < 1.29 is 0 Å². The van der Waals surface area contributed by atoms with Gasteiger partial charge in [0, 0.05) is 0 Å². The Morgan fingerprint density at radius 2 is 0.950 bits per heavy atom. The highest BCUT2D eigenvalue weighted by molar-refractivity contribution is 5.69. The van der Waals surface area contributed by atoms with Crippen molar-refractivity contribution >= 4 is 12.2 Å². The average molecular weight is 260 g/mol. The molecule has 0 unspecified atom stereocenters. The number of hydrogen-bond acceptors (Lipinski definition) is 0. The summed E-state index contributed by atoms with van der Waals surface area (Å²) in [6.45, 7) is 0. The first-order valence-electron chi connectivity index (χ1n) is 7.05. The van der Waals surface area contributed by atoms with E-state index in [1.165, 1.54) is 24.0 Å². The van der Waals surface area contributed by atoms with Crippen LogP contribution in [0.1, 0.15) is 24.0 Å². The molecule has 2 aromatic carbocycles. The first-order chi connectivity index (χ1) is 9.95. The van der Waals surface area contributed by atoms with Crippen LogP contribution >= 0.6 is 0 Å². The second-order valence-electron chi connectivity index (χ2n) is 4.59. The van der Waals surface area contributed by atoms with E-state index >= 15 is 0 Å². The van der Waals surface area contributed by atoms with Crippen molar-refractivity contribution in [3.05, 3.63) is 96.1 Å². The van der Waals surface area contributed by atoms with Crippen LogP contribution in [0.4, 0.5) is 0 Å². The molecule has 0 aliphatic heterocycles. The molecule has 2 aromatic rings. The molecule has 1 aliphatic rings. The van der Waals surface area contributed by atoms with E-state index < -0.39 is 0 Å². The van der Waals surface area contributed by atoms with Crippen molar-refractivity contribution in [2.75, 3.05) is 0 Å². The second kappa shape index (κ2) is 8.71. The van der Waals surface area contributed by atoms with Crippen LogP contribution in [0.2, 0.25) is 0 Å². The van der Waals surface area contributed by atoms with Gasteiger partial charge in [-0.2, -0.15) is 0 Å². The minimum Gasteiger partial charge on any atom is -0.0842 e. The standard InChI is InChI=1S/C14H12.C6H8/c1-3-7-13(8-4-1)11-12-14-9-5-2-6-10-14;1-2-4-6-5-3-1/h1-12H;1-4H,5-6H2/b12-11+;. The Labute approximate surface area is 121 Å². The van der Waals surface area contributed by atoms with Gasteiger partial charge in [0.25, 0.3) is 0 Å². The number of hydrogen-bond donors (Lipinski definition) is 0. The molecule has 0 saturated carbocycles. The van der Waals surface area contributed by atoms with Crippen LogP contribution < -0.4 is 0 Å². The number of allylic oxidation sites excluding steroid dienone is 4. The maximum absolute atomic E-state index is 2.18. The van der Waals surface area contributed by atoms with Gasteiger partial charge in [0.1, 0.15) is 0 Å². The fourth-order valence-electron chi connectivity index (χ4n) is 1.86. The third-order valence-electron chi connectivity index (χ3n) is 2.95. The van der Waals surface area contributed by atoms with E-state index in [-0.39, 0.29) is 0 Å². The van der Waals surface area contributed by atoms with Gasteiger partial charge < -0.3 is 0 Å². The highest BCUT2D eigenvalue weighted by Gasteiger charge is 1.84. The topological polar surface area (TPSA) is 0 Å². The van der Waals surface area contributed by atoms with Crippen LogP contribution in [-0.2, 0) is 0 Å². The lowest BCUT2D eigenvalue weighted by Gasteiger charge is -1.92. The summed E-state index contributed by atoms with van der Waals surface area (Å²) in [5, 5.41) is 0. The Morgan fingerprint density at radius 1 is 0.550 bits per heavy atom. The summed E-state index contributed by atoms with van der Waals surface area (Å²) in [6, 6.07) is 20.6. The van der Waals surface area contributed by atoms with E-state index in [2.05, 4.69) is 60.7 Å². The molecule has 0 nitrogen and oxygen atoms in total. The van der Waals surface area contributed by atoms with Gasteiger partial charge in [0.05, 0.1) is 0 Å². The van der Waals surface area contributed by atoms with Crippen LogP contribution in [-0.4, -0.2) is 0 Å². The Balaban J connectivity index is 0.000000205. The molecular formula is C20H20. The summed E-state index contributed by atoms with van der Waals surface area (Å²) in [7, 11) is 0. The summed E-state index contributed by atoms with van der Waals surface area (Å²) in [5.74, 6) is 0. The summed E-state index contributed by atoms with van der Waals surface area (Å²) in [6.07, 6.45) is 15.2. The Bertz CT molecular complexity index is 506. The fourth-order valence-corrected chi connectivity index (χ4v) is 1.86. The highest BCUT2D eigenvalue weighted by Crippen LogP contribution is 2.06. The van der Waals surface area contributed by atoms with Crippen LogP contribution in [0.15, 0.2) is 85.0 Å². The lowest BCUT2D eigenvalue weighted by Crippen LogP contribution is -1.70. The van der Waals surface area contributed by atoms with Crippen molar-refractivity contribution in [2.24, 2.45) is 0 Å². The number of rotatable bonds is 2. The molecule has 0 bridgehead atoms. The molecule has 1 aliphatic carbocycles. The van der Waals surface area contributed by atoms with E-state index in [9.17, 15) is 0 Å². The zero-order valence-corrected chi connectivity index (χ0v) is 11.7. The Kier molecular flexibility index (Phi) is 6.13. The maximum Gasteiger partial charge on any atom is -0.0256 e. The first kappa shape index (κ1) is 14.1. The number of benzene rings is 2. The average Bonchev–Trinajstić information content (AvgIpc) is 2.57. The maximum atomic E-state index is 2.18. The minimum atomic E-state index is 1.23. The van der Waals surface area contributed by atoms with Gasteiger partial charge in [-0.3, -0.25) is 0 Å². The zero-order valence-electron chi connectivity index (χ0n) is 11.7. The highest BCUT2D eigenvalue weighted by atomic mass is 13.9. The van der Waals surface area contributed by atoms with Crippen molar-refractivity contribution in [1.82, 2.24) is 0 Å². The van der Waals surface area contributed by atoms with Gasteiger partial charge in [-0.05, 0) is 24.0 Å². The Morgan fingerprint density at radius 3 is 1.25 bits per heavy atom. The van der Waals surface area contributed by atoms with Gasteiger partial charge in [0.15, 0.2) is 0 Å². The normalized spacial score (nSPS) is 13.0. The van der Waals surface area contributed by atoms with Gasteiger partial charge in [-0.1, -0.05) is 97.1 Å². The SMILES string of the molecule is C(=C\c1ccccc1)/c1ccccc1.C1=CCCC=C1. The molecular weight excluding hydrogens is 240 g/mol. The lowest BCUT2D eigenvalue weighted by atomic mass is 10.1. The van der Waals surface area contributed by atoms with Crippen molar-refractivity contribution in [3.63, 3.8) is 0 Å². The van der Waals surface area contributed by atoms with Gasteiger partial charge in [-0.25, -0.2) is 0 Å². The molecule has 0 fully saturated rings. The molecule has 0 atom stereocenters. The molecule has 3 rings (SSSR count). The van der Waals surface area contributed by atoms with Crippen LogP contribution in [0, 0.1) is 0 Å². The Hall–Kier alpha value is -2.34. The van der Waals surface area contributed by atoms with Crippen LogP contribution in [0.25, 0.3) is 12.2 Å². The predicted molar refractivity (Wildman–Crippen MR) is 89.3 cm³/mol. The third kappa shape index (κ3) is 5.53. The van der Waals surface area contributed by atoms with Gasteiger partial charge in [0.2, 0.25) is 0 Å². The summed E-state index contributed by atoms with van der Waals surface area (Å²) in [4.78, 5) is 0. The van der Waals surface area contributed by atoms with Crippen molar-refractivity contribution in [3.8, 4) is 0 Å². The molecule has 0 saturated heterocycles. The molecule has 100 valence electrons. The van der Waals surface area contributed by atoms with Gasteiger partial charge in [-0.15, -0.1) is 0 Å². The van der Waals surface area contributed by atoms with E-state index in [1.54, 1.807) is 0 Å². The van der Waals surface area contributed by atoms with Crippen molar-refractivity contribution in [2.45, 2.75) is 12.8 Å². The molecule has 0 radical (unpaired) electrons. The lowest BCUT2D eigenvalue weighted by molar-refractivity contribution is 1.04. The van der Waals surface area contributed by atoms with E-state index in [1.807, 2.05) is 36.4 Å². The quantitative estimate of drug-likeness (QED) is 0.603. The fraction of sp³-hybridized carbons (Fsp3) is 0.100. The second-order valence-corrected chi connectivity index (χ2v) is 4.59. The molecule has 0 aromatic heterocycles. The van der Waals surface area contributed by atoms with Crippen LogP contribution in [0.3, 0.4) is 0 Å². The van der Waals surface area contributed by atoms with Crippen LogP contribution in [0.5, 0.6) is 0 Å². The molecule has 0 amide bonds. The van der Waals surface area contributed by atoms with Crippen molar-refractivity contribution in [1.29, 1.82) is 0 Å². The summed E-state index contributed by atoms with van der Waals surface area (Å²) < 4.78 is 0. The molecule has 0 heterocycles. The molecule has 0 spiro atoms. The predicted octanol–water partition coefficient (Wildman–Crippen LogP) is 5.75. The molecule has 20 heavy (non-hydrogen) atoms. The largest absolute Gasteiger partial charge is 0.0842 e. The summed E-state index contributed by atoms with van der Waals surface area (Å²) >= 11 is 0. The smallest absolute Gasteiger partial charge is 0.0256 e. The zero-order chi connectivity index (χ0) is 13.9. The summed E-state index contributed by atoms with van der Waals surface area (Å²) in [5.41, 5.74) is 2.47. The molecule has 0 N–H and O–H groups in total. The van der Waals surface area contributed by atoms with E-state index in [0.717, 1.165) is 0 Å².